The van der Waals surface area contributed by atoms with Gasteiger partial charge >= 0.3 is 0 Å². The van der Waals surface area contributed by atoms with Crippen LogP contribution in [0.1, 0.15) is 0 Å². The first-order valence-electron chi connectivity index (χ1n) is 3.73. The maximum atomic E-state index is 5.97. The van der Waals surface area contributed by atoms with Gasteiger partial charge in [0.1, 0.15) is 5.15 Å². The SMILES string of the molecule is Clc1cc(-c2ccccc2Cl)n[nH]1. The third-order valence-electron chi connectivity index (χ3n) is 1.70. The lowest BCUT2D eigenvalue weighted by atomic mass is 10.2. The maximum Gasteiger partial charge on any atom is 0.124 e. The predicted molar refractivity (Wildman–Crippen MR) is 54.0 cm³/mol. The van der Waals surface area contributed by atoms with Crippen LogP contribution in [0.4, 0.5) is 0 Å². The lowest BCUT2D eigenvalue weighted by molar-refractivity contribution is 1.10. The van der Waals surface area contributed by atoms with E-state index < -0.39 is 0 Å². The number of halogens is 2. The van der Waals surface area contributed by atoms with Gasteiger partial charge in [-0.05, 0) is 6.07 Å². The second-order valence-corrected chi connectivity index (χ2v) is 3.40. The van der Waals surface area contributed by atoms with Crippen molar-refractivity contribution in [2.24, 2.45) is 0 Å². The molecule has 13 heavy (non-hydrogen) atoms. The van der Waals surface area contributed by atoms with Crippen LogP contribution in [0, 0.1) is 0 Å². The van der Waals surface area contributed by atoms with E-state index in [9.17, 15) is 0 Å². The number of aromatic nitrogens is 2. The monoisotopic (exact) mass is 212 g/mol. The van der Waals surface area contributed by atoms with Crippen molar-refractivity contribution in [3.63, 3.8) is 0 Å². The van der Waals surface area contributed by atoms with Gasteiger partial charge in [0, 0.05) is 11.6 Å². The van der Waals surface area contributed by atoms with Gasteiger partial charge in [0.2, 0.25) is 0 Å². The molecule has 0 amide bonds. The first kappa shape index (κ1) is 8.60. The van der Waals surface area contributed by atoms with Crippen LogP contribution >= 0.6 is 23.2 Å². The van der Waals surface area contributed by atoms with Crippen LogP contribution in [0.3, 0.4) is 0 Å². The van der Waals surface area contributed by atoms with E-state index in [1.807, 2.05) is 24.3 Å². The largest absolute Gasteiger partial charge is 0.267 e. The Hall–Kier alpha value is -0.990. The average Bonchev–Trinajstić information content (AvgIpc) is 2.53. The number of benzene rings is 1. The van der Waals surface area contributed by atoms with Crippen LogP contribution in [0.5, 0.6) is 0 Å². The molecule has 1 heterocycles. The van der Waals surface area contributed by atoms with Gasteiger partial charge in [-0.1, -0.05) is 41.4 Å². The molecule has 0 spiro atoms. The van der Waals surface area contributed by atoms with E-state index in [0.717, 1.165) is 11.3 Å². The van der Waals surface area contributed by atoms with Crippen molar-refractivity contribution >= 4 is 23.2 Å². The summed E-state index contributed by atoms with van der Waals surface area (Å²) in [6.07, 6.45) is 0. The summed E-state index contributed by atoms with van der Waals surface area (Å²) >= 11 is 11.7. The highest BCUT2D eigenvalue weighted by molar-refractivity contribution is 6.33. The fraction of sp³-hybridized carbons (Fsp3) is 0. The van der Waals surface area contributed by atoms with Crippen molar-refractivity contribution in [2.45, 2.75) is 0 Å². The van der Waals surface area contributed by atoms with E-state index >= 15 is 0 Å². The number of hydrogen-bond acceptors (Lipinski definition) is 1. The number of aromatic amines is 1. The van der Waals surface area contributed by atoms with Crippen LogP contribution in [-0.2, 0) is 0 Å². The van der Waals surface area contributed by atoms with E-state index in [2.05, 4.69) is 10.2 Å². The highest BCUT2D eigenvalue weighted by atomic mass is 35.5. The zero-order valence-corrected chi connectivity index (χ0v) is 8.10. The molecule has 0 atom stereocenters. The molecule has 0 saturated heterocycles. The summed E-state index contributed by atoms with van der Waals surface area (Å²) in [7, 11) is 0. The number of H-pyrrole nitrogens is 1. The lowest BCUT2D eigenvalue weighted by Gasteiger charge is -1.97. The molecule has 1 aromatic heterocycles. The van der Waals surface area contributed by atoms with Crippen molar-refractivity contribution in [1.82, 2.24) is 10.2 Å². The molecule has 0 fully saturated rings. The smallest absolute Gasteiger partial charge is 0.124 e. The number of hydrogen-bond donors (Lipinski definition) is 1. The first-order chi connectivity index (χ1) is 6.27. The Morgan fingerprint density at radius 2 is 1.92 bits per heavy atom. The standard InChI is InChI=1S/C9H6Cl2N2/c10-7-4-2-1-3-6(7)8-5-9(11)13-12-8/h1-5H,(H,12,13). The molecule has 0 aliphatic heterocycles. The lowest BCUT2D eigenvalue weighted by Crippen LogP contribution is -1.78. The average molecular weight is 213 g/mol. The zero-order chi connectivity index (χ0) is 9.26. The molecule has 0 radical (unpaired) electrons. The molecule has 1 aromatic carbocycles. The minimum absolute atomic E-state index is 0.509. The maximum absolute atomic E-state index is 5.97. The van der Waals surface area contributed by atoms with Crippen LogP contribution in [0.2, 0.25) is 10.2 Å². The molecule has 0 unspecified atom stereocenters. The van der Waals surface area contributed by atoms with Crippen molar-refractivity contribution in [2.75, 3.05) is 0 Å². The number of nitrogens with one attached hydrogen (secondary N) is 1. The summed E-state index contributed by atoms with van der Waals surface area (Å²) in [5.41, 5.74) is 1.64. The van der Waals surface area contributed by atoms with E-state index in [1.54, 1.807) is 6.07 Å². The quantitative estimate of drug-likeness (QED) is 0.772. The summed E-state index contributed by atoms with van der Waals surface area (Å²) in [5, 5.41) is 7.84. The Morgan fingerprint density at radius 3 is 2.54 bits per heavy atom. The van der Waals surface area contributed by atoms with Crippen LogP contribution < -0.4 is 0 Å². The normalized spacial score (nSPS) is 10.3. The van der Waals surface area contributed by atoms with E-state index in [-0.39, 0.29) is 0 Å². The van der Waals surface area contributed by atoms with Gasteiger partial charge in [-0.2, -0.15) is 5.10 Å². The van der Waals surface area contributed by atoms with Crippen molar-refractivity contribution in [1.29, 1.82) is 0 Å². The Kier molecular flexibility index (Phi) is 2.25. The van der Waals surface area contributed by atoms with E-state index in [1.165, 1.54) is 0 Å². The van der Waals surface area contributed by atoms with Gasteiger partial charge in [0.15, 0.2) is 0 Å². The topological polar surface area (TPSA) is 28.7 Å². The molecule has 66 valence electrons. The summed E-state index contributed by atoms with van der Waals surface area (Å²) in [6, 6.07) is 9.24. The third-order valence-corrected chi connectivity index (χ3v) is 2.22. The first-order valence-corrected chi connectivity index (χ1v) is 4.49. The van der Waals surface area contributed by atoms with Gasteiger partial charge in [-0.3, -0.25) is 5.10 Å². The number of rotatable bonds is 1. The Balaban J connectivity index is 2.52. The van der Waals surface area contributed by atoms with Gasteiger partial charge in [0.25, 0.3) is 0 Å². The Morgan fingerprint density at radius 1 is 1.15 bits per heavy atom. The molecule has 0 saturated carbocycles. The fourth-order valence-corrected chi connectivity index (χ4v) is 1.48. The van der Waals surface area contributed by atoms with Crippen molar-refractivity contribution in [3.05, 3.63) is 40.5 Å². The zero-order valence-electron chi connectivity index (χ0n) is 6.59. The Bertz CT molecular complexity index is 423. The molecule has 2 rings (SSSR count). The molecular formula is C9H6Cl2N2. The summed E-state index contributed by atoms with van der Waals surface area (Å²) in [4.78, 5) is 0. The molecule has 2 nitrogen and oxygen atoms in total. The minimum atomic E-state index is 0.509. The van der Waals surface area contributed by atoms with Crippen LogP contribution in [0.25, 0.3) is 11.3 Å². The molecule has 4 heteroatoms. The summed E-state index contributed by atoms with van der Waals surface area (Å²) < 4.78 is 0. The highest BCUT2D eigenvalue weighted by Gasteiger charge is 2.05. The molecule has 1 N–H and O–H groups in total. The van der Waals surface area contributed by atoms with E-state index in [4.69, 9.17) is 23.2 Å². The van der Waals surface area contributed by atoms with Gasteiger partial charge in [-0.25, -0.2) is 0 Å². The summed E-state index contributed by atoms with van der Waals surface area (Å²) in [6.45, 7) is 0. The fourth-order valence-electron chi connectivity index (χ4n) is 1.11. The molecule has 0 aliphatic rings. The predicted octanol–water partition coefficient (Wildman–Crippen LogP) is 3.38. The van der Waals surface area contributed by atoms with Crippen LogP contribution in [-0.4, -0.2) is 10.2 Å². The number of nitrogens with zero attached hydrogens (tertiary/aromatic N) is 1. The molecule has 2 aromatic rings. The minimum Gasteiger partial charge on any atom is -0.267 e. The summed E-state index contributed by atoms with van der Waals surface area (Å²) in [5.74, 6) is 0. The molecular weight excluding hydrogens is 207 g/mol. The second kappa shape index (κ2) is 3.40. The van der Waals surface area contributed by atoms with Crippen LogP contribution in [0.15, 0.2) is 30.3 Å². The van der Waals surface area contributed by atoms with Gasteiger partial charge < -0.3 is 0 Å². The Labute approximate surface area is 85.5 Å². The molecule has 0 bridgehead atoms. The van der Waals surface area contributed by atoms with E-state index in [0.29, 0.717) is 10.2 Å². The van der Waals surface area contributed by atoms with Gasteiger partial charge in [0.05, 0.1) is 10.7 Å². The van der Waals surface area contributed by atoms with Gasteiger partial charge in [-0.15, -0.1) is 0 Å². The molecule has 0 aliphatic carbocycles. The van der Waals surface area contributed by atoms with Crippen molar-refractivity contribution < 1.29 is 0 Å². The second-order valence-electron chi connectivity index (χ2n) is 2.58. The third kappa shape index (κ3) is 1.69. The highest BCUT2D eigenvalue weighted by Crippen LogP contribution is 2.26. The van der Waals surface area contributed by atoms with Crippen molar-refractivity contribution in [3.8, 4) is 11.3 Å².